The number of aryl methyl sites for hydroxylation is 2. The van der Waals surface area contributed by atoms with Crippen LogP contribution in [0.15, 0.2) is 65.6 Å². The number of carbonyl (C=O) groups is 2. The smallest absolute Gasteiger partial charge is 0.281 e. The van der Waals surface area contributed by atoms with Crippen molar-refractivity contribution in [2.24, 2.45) is 0 Å². The molecule has 46 heavy (non-hydrogen) atoms. The van der Waals surface area contributed by atoms with Crippen molar-refractivity contribution in [2.45, 2.75) is 38.3 Å². The number of benzene rings is 2. The third kappa shape index (κ3) is 7.46. The lowest BCUT2D eigenvalue weighted by molar-refractivity contribution is 0.0942. The first kappa shape index (κ1) is 33.6. The molecule has 0 radical (unpaired) electrons. The van der Waals surface area contributed by atoms with E-state index in [4.69, 9.17) is 9.47 Å². The molecule has 3 heterocycles. The van der Waals surface area contributed by atoms with Crippen molar-refractivity contribution >= 4 is 38.2 Å². The highest BCUT2D eigenvalue weighted by Gasteiger charge is 2.31. The molecule has 13 heteroatoms. The van der Waals surface area contributed by atoms with E-state index < -0.39 is 15.9 Å². The van der Waals surface area contributed by atoms with Crippen LogP contribution in [0.4, 0.5) is 5.00 Å². The van der Waals surface area contributed by atoms with Gasteiger partial charge in [-0.2, -0.15) is 9.40 Å². The van der Waals surface area contributed by atoms with E-state index in [1.54, 1.807) is 0 Å². The topological polar surface area (TPSA) is 123 Å². The molecular formula is C33H39N5O6S2. The lowest BCUT2D eigenvalue weighted by Crippen LogP contribution is -2.36. The fourth-order valence-corrected chi connectivity index (χ4v) is 8.21. The summed E-state index contributed by atoms with van der Waals surface area (Å²) in [5.74, 6) is -0.731. The van der Waals surface area contributed by atoms with Gasteiger partial charge in [-0.15, -0.1) is 11.3 Å². The normalized spacial score (nSPS) is 13.6. The van der Waals surface area contributed by atoms with Gasteiger partial charge in [-0.1, -0.05) is 30.3 Å². The quantitative estimate of drug-likeness (QED) is 0.224. The predicted molar refractivity (Wildman–Crippen MR) is 177 cm³/mol. The molecule has 0 fully saturated rings. The number of hydrogen-bond donors (Lipinski definition) is 1. The maximum Gasteiger partial charge on any atom is 0.281 e. The van der Waals surface area contributed by atoms with Crippen LogP contribution in [0.5, 0.6) is 0 Å². The van der Waals surface area contributed by atoms with Gasteiger partial charge in [0.1, 0.15) is 5.00 Å². The van der Waals surface area contributed by atoms with Gasteiger partial charge in [0.05, 0.1) is 29.4 Å². The summed E-state index contributed by atoms with van der Waals surface area (Å²) in [6.07, 6.45) is 0.657. The van der Waals surface area contributed by atoms with E-state index in [-0.39, 0.29) is 42.7 Å². The number of nitrogens with one attached hydrogen (secondary N) is 1. The van der Waals surface area contributed by atoms with Gasteiger partial charge in [0, 0.05) is 63.1 Å². The van der Waals surface area contributed by atoms with Crippen LogP contribution in [0.1, 0.15) is 48.1 Å². The molecule has 5 rings (SSSR count). The number of hydrogen-bond acceptors (Lipinski definition) is 9. The van der Waals surface area contributed by atoms with E-state index in [1.165, 1.54) is 64.4 Å². The Labute approximate surface area is 273 Å². The van der Waals surface area contributed by atoms with Crippen LogP contribution in [0.25, 0.3) is 0 Å². The van der Waals surface area contributed by atoms with Crippen LogP contribution in [-0.4, -0.2) is 86.3 Å². The first-order valence-electron chi connectivity index (χ1n) is 15.0. The molecule has 0 bridgehead atoms. The predicted octanol–water partition coefficient (Wildman–Crippen LogP) is 4.34. The average molecular weight is 666 g/mol. The summed E-state index contributed by atoms with van der Waals surface area (Å²) >= 11 is 1.40. The number of fused-ring (bicyclic) bond motifs is 1. The molecule has 0 atom stereocenters. The van der Waals surface area contributed by atoms with Crippen LogP contribution in [0.3, 0.4) is 0 Å². The zero-order valence-corrected chi connectivity index (χ0v) is 28.1. The van der Waals surface area contributed by atoms with Crippen molar-refractivity contribution in [3.05, 3.63) is 99.2 Å². The van der Waals surface area contributed by atoms with Gasteiger partial charge in [0.15, 0.2) is 0 Å². The molecule has 0 saturated carbocycles. The highest BCUT2D eigenvalue weighted by atomic mass is 32.2. The number of ether oxygens (including phenoxy) is 2. The largest absolute Gasteiger partial charge is 0.383 e. The average Bonchev–Trinajstić information content (AvgIpc) is 3.58. The first-order chi connectivity index (χ1) is 22.1. The molecule has 1 aliphatic rings. The monoisotopic (exact) mass is 665 g/mol. The molecular weight excluding hydrogens is 627 g/mol. The summed E-state index contributed by atoms with van der Waals surface area (Å²) in [6, 6.07) is 17.9. The third-order valence-electron chi connectivity index (χ3n) is 7.87. The Morgan fingerprint density at radius 3 is 2.28 bits per heavy atom. The second kappa shape index (κ2) is 14.8. The number of nitrogens with zero attached hydrogens (tertiary/aromatic N) is 4. The third-order valence-corrected chi connectivity index (χ3v) is 10.9. The number of thiophene rings is 1. The second-order valence-corrected chi connectivity index (χ2v) is 14.2. The summed E-state index contributed by atoms with van der Waals surface area (Å²) < 4.78 is 39.5. The van der Waals surface area contributed by atoms with Crippen molar-refractivity contribution in [1.82, 2.24) is 19.0 Å². The van der Waals surface area contributed by atoms with Crippen molar-refractivity contribution in [3.8, 4) is 0 Å². The molecule has 0 saturated heterocycles. The summed E-state index contributed by atoms with van der Waals surface area (Å²) in [5, 5.41) is 7.84. The summed E-state index contributed by atoms with van der Waals surface area (Å²) in [5.41, 5.74) is 4.29. The molecule has 0 spiro atoms. The molecule has 244 valence electrons. The number of amides is 1. The van der Waals surface area contributed by atoms with Gasteiger partial charge < -0.3 is 14.8 Å². The van der Waals surface area contributed by atoms with Gasteiger partial charge in [0.2, 0.25) is 10.0 Å². The molecule has 1 aliphatic heterocycles. The van der Waals surface area contributed by atoms with Crippen LogP contribution >= 0.6 is 11.3 Å². The number of rotatable bonds is 13. The fraction of sp³-hybridized carbons (Fsp3) is 0.364. The van der Waals surface area contributed by atoms with Gasteiger partial charge in [-0.3, -0.25) is 14.5 Å². The van der Waals surface area contributed by atoms with E-state index in [0.717, 1.165) is 29.2 Å². The van der Waals surface area contributed by atoms with Gasteiger partial charge >= 0.3 is 0 Å². The number of methoxy groups -OCH3 is 2. The Balaban J connectivity index is 1.41. The van der Waals surface area contributed by atoms with Crippen molar-refractivity contribution in [1.29, 1.82) is 0 Å². The maximum atomic E-state index is 13.9. The molecule has 11 nitrogen and oxygen atoms in total. The van der Waals surface area contributed by atoms with E-state index >= 15 is 0 Å². The van der Waals surface area contributed by atoms with Crippen LogP contribution in [-0.2, 0) is 39.0 Å². The minimum absolute atomic E-state index is 0.0572. The van der Waals surface area contributed by atoms with E-state index in [1.807, 2.05) is 38.1 Å². The van der Waals surface area contributed by atoms with Crippen molar-refractivity contribution in [2.75, 3.05) is 52.4 Å². The molecule has 1 amide bonds. The lowest BCUT2D eigenvalue weighted by Gasteiger charge is -2.27. The van der Waals surface area contributed by atoms with Crippen molar-refractivity contribution < 1.29 is 27.5 Å². The minimum Gasteiger partial charge on any atom is -0.383 e. The van der Waals surface area contributed by atoms with E-state index in [2.05, 4.69) is 27.4 Å². The first-order valence-corrected chi connectivity index (χ1v) is 17.3. The summed E-state index contributed by atoms with van der Waals surface area (Å²) in [7, 11) is -0.824. The Morgan fingerprint density at radius 2 is 1.67 bits per heavy atom. The number of aromatic nitrogens is 2. The van der Waals surface area contributed by atoms with Gasteiger partial charge in [-0.05, 0) is 61.7 Å². The molecule has 2 aromatic heterocycles. The standard InChI is InChI=1S/C33H39N5O6S2/c1-23-20-24(2)38(35-23)33(40)30-28-14-15-36(21-25-8-6-5-7-9-25)22-29(28)45-32(30)34-31(39)26-10-12-27(13-11-26)46(41,42)37(16-18-43-3)17-19-44-4/h5-13,20H,14-19,21-22H2,1-4H3,(H,34,39). The summed E-state index contributed by atoms with van der Waals surface area (Å²) in [4.78, 5) is 30.9. The van der Waals surface area contributed by atoms with Crippen molar-refractivity contribution in [3.63, 3.8) is 0 Å². The number of anilines is 1. The zero-order valence-electron chi connectivity index (χ0n) is 26.5. The highest BCUT2D eigenvalue weighted by Crippen LogP contribution is 2.38. The van der Waals surface area contributed by atoms with Crippen LogP contribution < -0.4 is 5.32 Å². The zero-order chi connectivity index (χ0) is 32.8. The Bertz CT molecular complexity index is 1780. The number of carbonyl (C=O) groups excluding carboxylic acids is 2. The Kier molecular flexibility index (Phi) is 10.8. The van der Waals surface area contributed by atoms with E-state index in [9.17, 15) is 18.0 Å². The van der Waals surface area contributed by atoms with E-state index in [0.29, 0.717) is 29.2 Å². The minimum atomic E-state index is -3.84. The molecule has 0 unspecified atom stereocenters. The van der Waals surface area contributed by atoms with Gasteiger partial charge in [0.25, 0.3) is 11.8 Å². The lowest BCUT2D eigenvalue weighted by atomic mass is 10.0. The molecule has 0 aliphatic carbocycles. The maximum absolute atomic E-state index is 13.9. The SMILES string of the molecule is COCCN(CCOC)S(=O)(=O)c1ccc(C(=O)Nc2sc3c(c2C(=O)n2nc(C)cc2C)CCN(Cc2ccccc2)C3)cc1. The van der Waals surface area contributed by atoms with Crippen LogP contribution in [0, 0.1) is 13.8 Å². The number of sulfonamides is 1. The van der Waals surface area contributed by atoms with Gasteiger partial charge in [-0.25, -0.2) is 13.1 Å². The second-order valence-electron chi connectivity index (χ2n) is 11.2. The Morgan fingerprint density at radius 1 is 1.00 bits per heavy atom. The fourth-order valence-electron chi connectivity index (χ4n) is 5.53. The molecule has 4 aromatic rings. The highest BCUT2D eigenvalue weighted by molar-refractivity contribution is 7.89. The molecule has 2 aromatic carbocycles. The molecule has 1 N–H and O–H groups in total. The Hall–Kier alpha value is -3.72. The van der Waals surface area contributed by atoms with Crippen LogP contribution in [0.2, 0.25) is 0 Å². The summed E-state index contributed by atoms with van der Waals surface area (Å²) in [6.45, 7) is 6.67.